The maximum absolute atomic E-state index is 11.6. The Balaban J connectivity index is 2.73. The van der Waals surface area contributed by atoms with Gasteiger partial charge in [0.15, 0.2) is 0 Å². The third-order valence-corrected chi connectivity index (χ3v) is 2.46. The Labute approximate surface area is 106 Å². The van der Waals surface area contributed by atoms with Gasteiger partial charge in [0.05, 0.1) is 7.11 Å². The number of nitrogens with one attached hydrogen (secondary N) is 1. The van der Waals surface area contributed by atoms with Crippen LogP contribution in [0.3, 0.4) is 0 Å². The SMILES string of the molecule is COC(=O)[C@H](Cc1ccccc1)NC(=O)[C@@H](C)O. The highest BCUT2D eigenvalue weighted by Crippen LogP contribution is 2.04. The fourth-order valence-corrected chi connectivity index (χ4v) is 1.48. The van der Waals surface area contributed by atoms with Crippen LogP contribution in [0.25, 0.3) is 0 Å². The maximum Gasteiger partial charge on any atom is 0.328 e. The summed E-state index contributed by atoms with van der Waals surface area (Å²) in [5.41, 5.74) is 0.902. The fraction of sp³-hybridized carbons (Fsp3) is 0.385. The van der Waals surface area contributed by atoms with Gasteiger partial charge in [-0.1, -0.05) is 30.3 Å². The van der Waals surface area contributed by atoms with Gasteiger partial charge in [-0.05, 0) is 12.5 Å². The molecule has 0 aromatic heterocycles. The van der Waals surface area contributed by atoms with Crippen LogP contribution in [0.15, 0.2) is 30.3 Å². The Morgan fingerprint density at radius 2 is 1.94 bits per heavy atom. The van der Waals surface area contributed by atoms with Gasteiger partial charge in [0.25, 0.3) is 0 Å². The van der Waals surface area contributed by atoms with Gasteiger partial charge in [-0.15, -0.1) is 0 Å². The van der Waals surface area contributed by atoms with Crippen LogP contribution in [0.5, 0.6) is 0 Å². The summed E-state index contributed by atoms with van der Waals surface area (Å²) in [6.45, 7) is 1.34. The number of carbonyl (C=O) groups is 2. The summed E-state index contributed by atoms with van der Waals surface area (Å²) in [6, 6.07) is 8.47. The number of rotatable bonds is 5. The molecule has 0 spiro atoms. The second kappa shape index (κ2) is 6.76. The molecule has 0 heterocycles. The predicted octanol–water partition coefficient (Wildman–Crippen LogP) is 0.268. The molecule has 1 rings (SSSR count). The second-order valence-corrected chi connectivity index (χ2v) is 3.95. The molecule has 18 heavy (non-hydrogen) atoms. The standard InChI is InChI=1S/C13H17NO4/c1-9(15)12(16)14-11(13(17)18-2)8-10-6-4-3-5-7-10/h3-7,9,11,15H,8H2,1-2H3,(H,14,16)/t9-,11+/m1/s1. The molecule has 98 valence electrons. The highest BCUT2D eigenvalue weighted by molar-refractivity contribution is 5.86. The second-order valence-electron chi connectivity index (χ2n) is 3.95. The van der Waals surface area contributed by atoms with Crippen LogP contribution in [-0.2, 0) is 20.7 Å². The van der Waals surface area contributed by atoms with E-state index in [9.17, 15) is 9.59 Å². The van der Waals surface area contributed by atoms with Crippen LogP contribution in [-0.4, -0.2) is 36.2 Å². The van der Waals surface area contributed by atoms with Crippen molar-refractivity contribution in [3.8, 4) is 0 Å². The molecule has 1 amide bonds. The summed E-state index contributed by atoms with van der Waals surface area (Å²) in [5, 5.41) is 11.6. The normalized spacial score (nSPS) is 13.5. The molecular formula is C13H17NO4. The number of hydrogen-bond acceptors (Lipinski definition) is 4. The van der Waals surface area contributed by atoms with Crippen molar-refractivity contribution >= 4 is 11.9 Å². The molecule has 0 bridgehead atoms. The van der Waals surface area contributed by atoms with Gasteiger partial charge in [-0.2, -0.15) is 0 Å². The number of amides is 1. The third-order valence-electron chi connectivity index (χ3n) is 2.46. The average molecular weight is 251 g/mol. The first kappa shape index (κ1) is 14.2. The van der Waals surface area contributed by atoms with E-state index >= 15 is 0 Å². The summed E-state index contributed by atoms with van der Waals surface area (Å²) in [4.78, 5) is 23.0. The van der Waals surface area contributed by atoms with E-state index in [4.69, 9.17) is 5.11 Å². The number of methoxy groups -OCH3 is 1. The Morgan fingerprint density at radius 1 is 1.33 bits per heavy atom. The molecular weight excluding hydrogens is 234 g/mol. The predicted molar refractivity (Wildman–Crippen MR) is 65.8 cm³/mol. The minimum absolute atomic E-state index is 0.325. The van der Waals surface area contributed by atoms with Crippen LogP contribution >= 0.6 is 0 Å². The number of aliphatic hydroxyl groups is 1. The number of esters is 1. The highest BCUT2D eigenvalue weighted by Gasteiger charge is 2.23. The summed E-state index contributed by atoms with van der Waals surface area (Å²) >= 11 is 0. The van der Waals surface area contributed by atoms with Crippen LogP contribution < -0.4 is 5.32 Å². The summed E-state index contributed by atoms with van der Waals surface area (Å²) < 4.78 is 4.63. The summed E-state index contributed by atoms with van der Waals surface area (Å²) in [6.07, 6.45) is -0.834. The number of ether oxygens (including phenoxy) is 1. The van der Waals surface area contributed by atoms with Crippen molar-refractivity contribution in [2.45, 2.75) is 25.5 Å². The molecule has 1 aromatic carbocycles. The van der Waals surface area contributed by atoms with Gasteiger partial charge in [0.2, 0.25) is 5.91 Å². The molecule has 2 N–H and O–H groups in total. The quantitative estimate of drug-likeness (QED) is 0.736. The minimum atomic E-state index is -1.16. The third kappa shape index (κ3) is 4.18. The van der Waals surface area contributed by atoms with E-state index in [1.54, 1.807) is 0 Å². The summed E-state index contributed by atoms with van der Waals surface area (Å²) in [7, 11) is 1.26. The lowest BCUT2D eigenvalue weighted by molar-refractivity contribution is -0.146. The van der Waals surface area contributed by atoms with Crippen molar-refractivity contribution in [3.05, 3.63) is 35.9 Å². The lowest BCUT2D eigenvalue weighted by Gasteiger charge is -2.17. The van der Waals surface area contributed by atoms with E-state index in [-0.39, 0.29) is 0 Å². The smallest absolute Gasteiger partial charge is 0.328 e. The van der Waals surface area contributed by atoms with Gasteiger partial charge in [0, 0.05) is 6.42 Å². The van der Waals surface area contributed by atoms with Crippen molar-refractivity contribution in [3.63, 3.8) is 0 Å². The zero-order chi connectivity index (χ0) is 13.5. The topological polar surface area (TPSA) is 75.6 Å². The Hall–Kier alpha value is -1.88. The van der Waals surface area contributed by atoms with Gasteiger partial charge in [-0.25, -0.2) is 4.79 Å². The monoisotopic (exact) mass is 251 g/mol. The molecule has 5 nitrogen and oxygen atoms in total. The van der Waals surface area contributed by atoms with Gasteiger partial charge in [0.1, 0.15) is 12.1 Å². The Kier molecular flexibility index (Phi) is 5.32. The van der Waals surface area contributed by atoms with E-state index < -0.39 is 24.0 Å². The van der Waals surface area contributed by atoms with Crippen molar-refractivity contribution in [2.24, 2.45) is 0 Å². The first-order chi connectivity index (χ1) is 8.54. The Morgan fingerprint density at radius 3 is 2.44 bits per heavy atom. The van der Waals surface area contributed by atoms with E-state index in [0.29, 0.717) is 6.42 Å². The van der Waals surface area contributed by atoms with Crippen LogP contribution in [0, 0.1) is 0 Å². The molecule has 0 saturated carbocycles. The van der Waals surface area contributed by atoms with Crippen LogP contribution in [0.2, 0.25) is 0 Å². The molecule has 0 unspecified atom stereocenters. The van der Waals surface area contributed by atoms with E-state index in [2.05, 4.69) is 10.1 Å². The van der Waals surface area contributed by atoms with E-state index in [1.165, 1.54) is 14.0 Å². The molecule has 0 radical (unpaired) electrons. The van der Waals surface area contributed by atoms with E-state index in [0.717, 1.165) is 5.56 Å². The average Bonchev–Trinajstić information content (AvgIpc) is 2.38. The molecule has 5 heteroatoms. The molecule has 0 saturated heterocycles. The van der Waals surface area contributed by atoms with Crippen molar-refractivity contribution in [2.75, 3.05) is 7.11 Å². The number of carbonyl (C=O) groups excluding carboxylic acids is 2. The van der Waals surface area contributed by atoms with Crippen LogP contribution in [0.4, 0.5) is 0 Å². The molecule has 0 fully saturated rings. The molecule has 0 aliphatic rings. The molecule has 0 aliphatic carbocycles. The maximum atomic E-state index is 11.6. The highest BCUT2D eigenvalue weighted by atomic mass is 16.5. The molecule has 0 aliphatic heterocycles. The number of benzene rings is 1. The molecule has 2 atom stereocenters. The number of hydrogen-bond donors (Lipinski definition) is 2. The minimum Gasteiger partial charge on any atom is -0.467 e. The van der Waals surface area contributed by atoms with Crippen molar-refractivity contribution < 1.29 is 19.4 Å². The Bertz CT molecular complexity index is 403. The lowest BCUT2D eigenvalue weighted by atomic mass is 10.1. The van der Waals surface area contributed by atoms with Gasteiger partial charge < -0.3 is 15.2 Å². The first-order valence-corrected chi connectivity index (χ1v) is 5.64. The van der Waals surface area contributed by atoms with Crippen LogP contribution in [0.1, 0.15) is 12.5 Å². The van der Waals surface area contributed by atoms with Crippen molar-refractivity contribution in [1.82, 2.24) is 5.32 Å². The zero-order valence-corrected chi connectivity index (χ0v) is 10.4. The zero-order valence-electron chi connectivity index (χ0n) is 10.4. The fourth-order valence-electron chi connectivity index (χ4n) is 1.48. The number of aliphatic hydroxyl groups excluding tert-OH is 1. The van der Waals surface area contributed by atoms with Gasteiger partial charge in [-0.3, -0.25) is 4.79 Å². The molecule has 1 aromatic rings. The van der Waals surface area contributed by atoms with Gasteiger partial charge >= 0.3 is 5.97 Å². The lowest BCUT2D eigenvalue weighted by Crippen LogP contribution is -2.46. The first-order valence-electron chi connectivity index (χ1n) is 5.64. The van der Waals surface area contributed by atoms with E-state index in [1.807, 2.05) is 30.3 Å². The summed E-state index contributed by atoms with van der Waals surface area (Å²) in [5.74, 6) is -1.13. The largest absolute Gasteiger partial charge is 0.467 e. The van der Waals surface area contributed by atoms with Crippen molar-refractivity contribution in [1.29, 1.82) is 0 Å².